The van der Waals surface area contributed by atoms with Gasteiger partial charge in [0, 0.05) is 31.3 Å². The minimum absolute atomic E-state index is 0.147. The lowest BCUT2D eigenvalue weighted by Gasteiger charge is -2.16. The van der Waals surface area contributed by atoms with Crippen molar-refractivity contribution in [2.24, 2.45) is 0 Å². The van der Waals surface area contributed by atoms with E-state index in [1.165, 1.54) is 0 Å². The van der Waals surface area contributed by atoms with Crippen molar-refractivity contribution in [3.8, 4) is 0 Å². The van der Waals surface area contributed by atoms with Crippen LogP contribution in [0.3, 0.4) is 0 Å². The van der Waals surface area contributed by atoms with Crippen LogP contribution in [0.5, 0.6) is 0 Å². The van der Waals surface area contributed by atoms with E-state index < -0.39 is 0 Å². The number of aryl methyl sites for hydroxylation is 1. The number of urea groups is 1. The molecule has 1 aromatic carbocycles. The average Bonchev–Trinajstić information content (AvgIpc) is 3.14. The number of carbonyl (C=O) groups excluding carboxylic acids is 2. The smallest absolute Gasteiger partial charge is 0.320 e. The highest BCUT2D eigenvalue weighted by molar-refractivity contribution is 5.95. The first kappa shape index (κ1) is 15.1. The Kier molecular flexibility index (Phi) is 4.27. The number of hydrogen-bond acceptors (Lipinski definition) is 4. The molecular formula is C16H18N4O3. The van der Waals surface area contributed by atoms with Crippen LogP contribution in [0.2, 0.25) is 0 Å². The molecule has 23 heavy (non-hydrogen) atoms. The molecule has 1 aliphatic rings. The zero-order chi connectivity index (χ0) is 16.2. The van der Waals surface area contributed by atoms with Crippen molar-refractivity contribution >= 4 is 23.4 Å². The van der Waals surface area contributed by atoms with E-state index in [0.29, 0.717) is 24.5 Å². The zero-order valence-electron chi connectivity index (χ0n) is 12.8. The molecule has 0 atom stereocenters. The Hall–Kier alpha value is -2.83. The molecule has 1 fully saturated rings. The molecule has 0 saturated carbocycles. The molecule has 1 aliphatic heterocycles. The third-order valence-corrected chi connectivity index (χ3v) is 3.62. The largest absolute Gasteiger partial charge is 0.360 e. The second kappa shape index (κ2) is 6.51. The Bertz CT molecular complexity index is 726. The molecule has 3 rings (SSSR count). The van der Waals surface area contributed by atoms with E-state index in [1.807, 2.05) is 24.3 Å². The normalized spacial score (nSPS) is 14.1. The summed E-state index contributed by atoms with van der Waals surface area (Å²) in [7, 11) is 0. The standard InChI is InChI=1S/C16H18N4O3/c1-11-8-14(19-23-11)18-16(22)17-10-12-4-2-5-13(9-12)20-7-3-6-15(20)21/h2,4-5,8-9H,3,6-7,10H2,1H3,(H2,17,18,19,22). The lowest BCUT2D eigenvalue weighted by atomic mass is 10.2. The Morgan fingerprint density at radius 1 is 1.39 bits per heavy atom. The topological polar surface area (TPSA) is 87.5 Å². The fourth-order valence-corrected chi connectivity index (χ4v) is 2.52. The molecule has 1 aromatic heterocycles. The number of nitrogens with zero attached hydrogens (tertiary/aromatic N) is 2. The van der Waals surface area contributed by atoms with Gasteiger partial charge >= 0.3 is 6.03 Å². The fraction of sp³-hybridized carbons (Fsp3) is 0.312. The van der Waals surface area contributed by atoms with Crippen LogP contribution in [0.4, 0.5) is 16.3 Å². The van der Waals surface area contributed by atoms with Crippen LogP contribution in [0.1, 0.15) is 24.2 Å². The third kappa shape index (κ3) is 3.68. The molecule has 2 aromatic rings. The summed E-state index contributed by atoms with van der Waals surface area (Å²) in [4.78, 5) is 25.4. The highest BCUT2D eigenvalue weighted by Crippen LogP contribution is 2.22. The third-order valence-electron chi connectivity index (χ3n) is 3.62. The molecule has 2 heterocycles. The molecule has 0 spiro atoms. The van der Waals surface area contributed by atoms with Gasteiger partial charge in [0.1, 0.15) is 5.76 Å². The van der Waals surface area contributed by atoms with Gasteiger partial charge in [-0.05, 0) is 31.0 Å². The maximum Gasteiger partial charge on any atom is 0.320 e. The summed E-state index contributed by atoms with van der Waals surface area (Å²) in [5.41, 5.74) is 1.80. The second-order valence-corrected chi connectivity index (χ2v) is 5.45. The quantitative estimate of drug-likeness (QED) is 0.907. The highest BCUT2D eigenvalue weighted by atomic mass is 16.5. The van der Waals surface area contributed by atoms with Crippen molar-refractivity contribution < 1.29 is 14.1 Å². The van der Waals surface area contributed by atoms with Gasteiger partial charge in [-0.1, -0.05) is 17.3 Å². The van der Waals surface area contributed by atoms with Crippen molar-refractivity contribution in [1.29, 1.82) is 0 Å². The summed E-state index contributed by atoms with van der Waals surface area (Å²) in [5.74, 6) is 1.15. The highest BCUT2D eigenvalue weighted by Gasteiger charge is 2.21. The van der Waals surface area contributed by atoms with E-state index in [2.05, 4.69) is 15.8 Å². The lowest BCUT2D eigenvalue weighted by molar-refractivity contribution is -0.117. The molecule has 0 unspecified atom stereocenters. The van der Waals surface area contributed by atoms with E-state index in [1.54, 1.807) is 17.9 Å². The van der Waals surface area contributed by atoms with Gasteiger partial charge in [0.15, 0.2) is 5.82 Å². The minimum atomic E-state index is -0.360. The van der Waals surface area contributed by atoms with Crippen molar-refractivity contribution in [2.45, 2.75) is 26.3 Å². The Morgan fingerprint density at radius 2 is 2.26 bits per heavy atom. The van der Waals surface area contributed by atoms with E-state index in [4.69, 9.17) is 4.52 Å². The van der Waals surface area contributed by atoms with Gasteiger partial charge in [0.2, 0.25) is 5.91 Å². The number of benzene rings is 1. The van der Waals surface area contributed by atoms with Crippen LogP contribution >= 0.6 is 0 Å². The number of amides is 3. The van der Waals surface area contributed by atoms with Crippen LogP contribution in [-0.2, 0) is 11.3 Å². The first-order chi connectivity index (χ1) is 11.1. The van der Waals surface area contributed by atoms with Gasteiger partial charge in [-0.3, -0.25) is 10.1 Å². The molecule has 2 N–H and O–H groups in total. The summed E-state index contributed by atoms with van der Waals surface area (Å²) < 4.78 is 4.88. The van der Waals surface area contributed by atoms with Crippen molar-refractivity contribution in [3.63, 3.8) is 0 Å². The number of hydrogen-bond donors (Lipinski definition) is 2. The molecular weight excluding hydrogens is 296 g/mol. The summed E-state index contributed by atoms with van der Waals surface area (Å²) in [6, 6.07) is 8.90. The first-order valence-electron chi connectivity index (χ1n) is 7.49. The van der Waals surface area contributed by atoms with Crippen LogP contribution in [0.15, 0.2) is 34.9 Å². The van der Waals surface area contributed by atoms with Crippen molar-refractivity contribution in [1.82, 2.24) is 10.5 Å². The predicted molar refractivity (Wildman–Crippen MR) is 85.1 cm³/mol. The number of carbonyl (C=O) groups is 2. The molecule has 1 saturated heterocycles. The maximum atomic E-state index is 11.8. The van der Waals surface area contributed by atoms with Crippen LogP contribution < -0.4 is 15.5 Å². The second-order valence-electron chi connectivity index (χ2n) is 5.45. The molecule has 7 nitrogen and oxygen atoms in total. The van der Waals surface area contributed by atoms with Crippen molar-refractivity contribution in [3.05, 3.63) is 41.7 Å². The van der Waals surface area contributed by atoms with Crippen molar-refractivity contribution in [2.75, 3.05) is 16.8 Å². The molecule has 7 heteroatoms. The van der Waals surface area contributed by atoms with E-state index >= 15 is 0 Å². The van der Waals surface area contributed by atoms with Gasteiger partial charge < -0.3 is 14.7 Å². The number of nitrogens with one attached hydrogen (secondary N) is 2. The summed E-state index contributed by atoms with van der Waals surface area (Å²) in [6.45, 7) is 2.86. The maximum absolute atomic E-state index is 11.8. The predicted octanol–water partition coefficient (Wildman–Crippen LogP) is 2.43. The van der Waals surface area contributed by atoms with Gasteiger partial charge in [-0.25, -0.2) is 4.79 Å². The summed E-state index contributed by atoms with van der Waals surface area (Å²) >= 11 is 0. The van der Waals surface area contributed by atoms with Crippen LogP contribution in [0.25, 0.3) is 0 Å². The van der Waals surface area contributed by atoms with Crippen LogP contribution in [-0.4, -0.2) is 23.6 Å². The Labute approximate surface area is 133 Å². The molecule has 0 bridgehead atoms. The van der Waals surface area contributed by atoms with Crippen LogP contribution in [0, 0.1) is 6.92 Å². The number of anilines is 2. The zero-order valence-corrected chi connectivity index (χ0v) is 12.8. The summed E-state index contributed by atoms with van der Waals surface area (Å²) in [6.07, 6.45) is 1.49. The molecule has 3 amide bonds. The Morgan fingerprint density at radius 3 is 2.96 bits per heavy atom. The van der Waals surface area contributed by atoms with Gasteiger partial charge in [-0.15, -0.1) is 0 Å². The van der Waals surface area contributed by atoms with Gasteiger partial charge in [-0.2, -0.15) is 0 Å². The molecule has 120 valence electrons. The SMILES string of the molecule is Cc1cc(NC(=O)NCc2cccc(N3CCCC3=O)c2)no1. The van der Waals surface area contributed by atoms with E-state index in [9.17, 15) is 9.59 Å². The van der Waals surface area contributed by atoms with Gasteiger partial charge in [0.25, 0.3) is 0 Å². The summed E-state index contributed by atoms with van der Waals surface area (Å²) in [5, 5.41) is 9.04. The molecule has 0 aliphatic carbocycles. The van der Waals surface area contributed by atoms with Gasteiger partial charge in [0.05, 0.1) is 0 Å². The molecule has 0 radical (unpaired) electrons. The van der Waals surface area contributed by atoms with E-state index in [-0.39, 0.29) is 11.9 Å². The van der Waals surface area contributed by atoms with E-state index in [0.717, 1.165) is 24.2 Å². The monoisotopic (exact) mass is 314 g/mol. The first-order valence-corrected chi connectivity index (χ1v) is 7.49. The lowest BCUT2D eigenvalue weighted by Crippen LogP contribution is -2.28. The fourth-order valence-electron chi connectivity index (χ4n) is 2.52. The number of rotatable bonds is 4. The average molecular weight is 314 g/mol. The Balaban J connectivity index is 1.57. The number of aromatic nitrogens is 1. The minimum Gasteiger partial charge on any atom is -0.360 e.